The van der Waals surface area contributed by atoms with Crippen LogP contribution in [-0.4, -0.2) is 34.1 Å². The van der Waals surface area contributed by atoms with Gasteiger partial charge in [0.25, 0.3) is 0 Å². The summed E-state index contributed by atoms with van der Waals surface area (Å²) in [5.41, 5.74) is 3.14. The monoisotopic (exact) mass is 495 g/mol. The number of para-hydroxylation sites is 1. The fourth-order valence-electron chi connectivity index (χ4n) is 3.53. The van der Waals surface area contributed by atoms with Crippen molar-refractivity contribution in [3.8, 4) is 16.2 Å². The van der Waals surface area contributed by atoms with E-state index >= 15 is 0 Å². The van der Waals surface area contributed by atoms with Gasteiger partial charge in [-0.2, -0.15) is 0 Å². The Kier molecular flexibility index (Phi) is 9.39. The largest absolute Gasteiger partial charge is 0.489 e. The number of rotatable bonds is 11. The number of carbonyl (C=O) groups is 2. The number of benzene rings is 2. The number of nitrogens with zero attached hydrogens (tertiary/aromatic N) is 1. The highest BCUT2D eigenvalue weighted by Gasteiger charge is 2.26. The van der Waals surface area contributed by atoms with Crippen LogP contribution in [0.15, 0.2) is 54.7 Å². The van der Waals surface area contributed by atoms with Crippen molar-refractivity contribution < 1.29 is 19.4 Å². The molecule has 1 aromatic heterocycles. The van der Waals surface area contributed by atoms with Crippen molar-refractivity contribution in [2.24, 2.45) is 5.92 Å². The standard InChI is InChI=1S/C27H33N3O4S/c1-5-9-22(29-26(33)24(31)17(2)3)25(32)30-27-28-15-23(35-27)21-13-12-18(4)14-19(21)16-34-20-10-7-6-8-11-20/h6-8,10-15,17,22,24,31H,5,9,16H2,1-4H3,(H,29,33)(H,28,30,32)/t22-,24-/m0/s1. The first kappa shape index (κ1) is 26.4. The maximum atomic E-state index is 12.9. The maximum absolute atomic E-state index is 12.9. The van der Waals surface area contributed by atoms with E-state index in [2.05, 4.69) is 21.7 Å². The van der Waals surface area contributed by atoms with Gasteiger partial charge in [-0.25, -0.2) is 4.98 Å². The van der Waals surface area contributed by atoms with Crippen LogP contribution in [0.5, 0.6) is 5.75 Å². The summed E-state index contributed by atoms with van der Waals surface area (Å²) >= 11 is 1.36. The van der Waals surface area contributed by atoms with Gasteiger partial charge in [0.1, 0.15) is 24.5 Å². The van der Waals surface area contributed by atoms with Gasteiger partial charge in [-0.15, -0.1) is 0 Å². The van der Waals surface area contributed by atoms with Crippen LogP contribution in [0.2, 0.25) is 0 Å². The fourth-order valence-corrected chi connectivity index (χ4v) is 4.41. The minimum atomic E-state index is -1.16. The summed E-state index contributed by atoms with van der Waals surface area (Å²) in [4.78, 5) is 30.4. The Hall–Kier alpha value is -3.23. The molecule has 3 aromatic rings. The predicted octanol–water partition coefficient (Wildman–Crippen LogP) is 4.94. The van der Waals surface area contributed by atoms with E-state index in [0.717, 1.165) is 27.3 Å². The van der Waals surface area contributed by atoms with Crippen molar-refractivity contribution in [1.29, 1.82) is 0 Å². The van der Waals surface area contributed by atoms with E-state index in [4.69, 9.17) is 4.74 Å². The summed E-state index contributed by atoms with van der Waals surface area (Å²) in [6.07, 6.45) is 1.73. The maximum Gasteiger partial charge on any atom is 0.249 e. The van der Waals surface area contributed by atoms with E-state index in [-0.39, 0.29) is 11.8 Å². The van der Waals surface area contributed by atoms with Gasteiger partial charge in [0.2, 0.25) is 11.8 Å². The van der Waals surface area contributed by atoms with E-state index in [9.17, 15) is 14.7 Å². The van der Waals surface area contributed by atoms with Gasteiger partial charge in [0.05, 0.1) is 4.88 Å². The molecule has 0 spiro atoms. The number of aromatic nitrogens is 1. The molecule has 2 aromatic carbocycles. The summed E-state index contributed by atoms with van der Waals surface area (Å²) in [7, 11) is 0. The molecule has 35 heavy (non-hydrogen) atoms. The van der Waals surface area contributed by atoms with Crippen molar-refractivity contribution in [3.63, 3.8) is 0 Å². The van der Waals surface area contributed by atoms with Crippen LogP contribution in [0.4, 0.5) is 5.13 Å². The Bertz CT molecular complexity index is 1130. The van der Waals surface area contributed by atoms with Crippen molar-refractivity contribution in [2.45, 2.75) is 59.3 Å². The molecule has 0 saturated carbocycles. The normalized spacial score (nSPS) is 12.7. The lowest BCUT2D eigenvalue weighted by molar-refractivity contribution is -0.134. The van der Waals surface area contributed by atoms with Crippen LogP contribution in [0.1, 0.15) is 44.7 Å². The quantitative estimate of drug-likeness (QED) is 0.350. The van der Waals surface area contributed by atoms with Gasteiger partial charge < -0.3 is 20.5 Å². The number of ether oxygens (including phenoxy) is 1. The number of anilines is 1. The van der Waals surface area contributed by atoms with Gasteiger partial charge in [0, 0.05) is 6.20 Å². The van der Waals surface area contributed by atoms with Crippen LogP contribution in [0.25, 0.3) is 10.4 Å². The van der Waals surface area contributed by atoms with E-state index in [0.29, 0.717) is 24.6 Å². The van der Waals surface area contributed by atoms with E-state index < -0.39 is 18.1 Å². The highest BCUT2D eigenvalue weighted by Crippen LogP contribution is 2.33. The van der Waals surface area contributed by atoms with Crippen LogP contribution in [-0.2, 0) is 16.2 Å². The van der Waals surface area contributed by atoms with Crippen LogP contribution < -0.4 is 15.4 Å². The fraction of sp³-hybridized carbons (Fsp3) is 0.370. The van der Waals surface area contributed by atoms with Crippen LogP contribution >= 0.6 is 11.3 Å². The Morgan fingerprint density at radius 3 is 2.54 bits per heavy atom. The average Bonchev–Trinajstić information content (AvgIpc) is 3.30. The zero-order chi connectivity index (χ0) is 25.4. The summed E-state index contributed by atoms with van der Waals surface area (Å²) < 4.78 is 5.97. The Balaban J connectivity index is 1.72. The van der Waals surface area contributed by atoms with E-state index in [1.165, 1.54) is 11.3 Å². The SMILES string of the molecule is CCC[C@H](NC(=O)[C@@H](O)C(C)C)C(=O)Nc1ncc(-c2ccc(C)cc2COc2ccccc2)s1. The van der Waals surface area contributed by atoms with Gasteiger partial charge in [-0.3, -0.25) is 9.59 Å². The third-order valence-corrected chi connectivity index (χ3v) is 6.46. The number of carbonyl (C=O) groups excluding carboxylic acids is 2. The molecule has 2 amide bonds. The number of hydrogen-bond acceptors (Lipinski definition) is 6. The highest BCUT2D eigenvalue weighted by molar-refractivity contribution is 7.19. The summed E-state index contributed by atoms with van der Waals surface area (Å²) in [6, 6.07) is 15.1. The number of nitrogens with one attached hydrogen (secondary N) is 2. The number of aliphatic hydroxyl groups excluding tert-OH is 1. The van der Waals surface area contributed by atoms with Gasteiger partial charge in [-0.1, -0.05) is 80.5 Å². The van der Waals surface area contributed by atoms with Crippen LogP contribution in [0, 0.1) is 12.8 Å². The number of aliphatic hydroxyl groups is 1. The Morgan fingerprint density at radius 2 is 1.86 bits per heavy atom. The summed E-state index contributed by atoms with van der Waals surface area (Å²) in [5, 5.41) is 15.9. The second-order valence-corrected chi connectivity index (χ2v) is 9.85. The molecule has 3 rings (SSSR count). The molecule has 2 atom stereocenters. The zero-order valence-corrected chi connectivity index (χ0v) is 21.4. The molecule has 186 valence electrons. The molecular formula is C27H33N3O4S. The van der Waals surface area contributed by atoms with E-state index in [1.807, 2.05) is 56.3 Å². The first-order valence-corrected chi connectivity index (χ1v) is 12.6. The number of amides is 2. The summed E-state index contributed by atoms with van der Waals surface area (Å²) in [5.74, 6) is -0.343. The second kappa shape index (κ2) is 12.5. The van der Waals surface area contributed by atoms with E-state index in [1.54, 1.807) is 20.0 Å². The molecule has 1 heterocycles. The number of aryl methyl sites for hydroxylation is 1. The van der Waals surface area contributed by atoms with Crippen molar-refractivity contribution in [1.82, 2.24) is 10.3 Å². The molecule has 0 bridgehead atoms. The first-order chi connectivity index (χ1) is 16.8. The molecule has 7 nitrogen and oxygen atoms in total. The highest BCUT2D eigenvalue weighted by atomic mass is 32.1. The third kappa shape index (κ3) is 7.37. The Morgan fingerprint density at radius 1 is 1.11 bits per heavy atom. The molecule has 8 heteroatoms. The average molecular weight is 496 g/mol. The minimum absolute atomic E-state index is 0.239. The zero-order valence-electron chi connectivity index (χ0n) is 20.6. The van der Waals surface area contributed by atoms with Gasteiger partial charge in [-0.05, 0) is 42.5 Å². The second-order valence-electron chi connectivity index (χ2n) is 8.82. The summed E-state index contributed by atoms with van der Waals surface area (Å²) in [6.45, 7) is 7.88. The molecule has 3 N–H and O–H groups in total. The molecular weight excluding hydrogens is 462 g/mol. The molecule has 0 aliphatic heterocycles. The molecule has 0 unspecified atom stereocenters. The lowest BCUT2D eigenvalue weighted by Gasteiger charge is -2.20. The lowest BCUT2D eigenvalue weighted by Crippen LogP contribution is -2.48. The molecule has 0 fully saturated rings. The molecule has 0 aliphatic rings. The minimum Gasteiger partial charge on any atom is -0.489 e. The lowest BCUT2D eigenvalue weighted by atomic mass is 10.0. The number of hydrogen-bond donors (Lipinski definition) is 3. The number of thiazole rings is 1. The Labute approximate surface area is 210 Å². The predicted molar refractivity (Wildman–Crippen MR) is 139 cm³/mol. The molecule has 0 aliphatic carbocycles. The first-order valence-electron chi connectivity index (χ1n) is 11.8. The van der Waals surface area contributed by atoms with Crippen LogP contribution in [0.3, 0.4) is 0 Å². The molecule has 0 saturated heterocycles. The van der Waals surface area contributed by atoms with Gasteiger partial charge in [0.15, 0.2) is 5.13 Å². The van der Waals surface area contributed by atoms with Gasteiger partial charge >= 0.3 is 0 Å². The van der Waals surface area contributed by atoms with Crippen molar-refractivity contribution in [2.75, 3.05) is 5.32 Å². The molecule has 0 radical (unpaired) electrons. The van der Waals surface area contributed by atoms with Crippen molar-refractivity contribution >= 4 is 28.3 Å². The van der Waals surface area contributed by atoms with Crippen molar-refractivity contribution in [3.05, 3.63) is 65.9 Å². The topological polar surface area (TPSA) is 101 Å². The smallest absolute Gasteiger partial charge is 0.249 e. The third-order valence-electron chi connectivity index (χ3n) is 5.51.